The van der Waals surface area contributed by atoms with Crippen LogP contribution in [-0.2, 0) is 6.42 Å². The van der Waals surface area contributed by atoms with Gasteiger partial charge >= 0.3 is 12.0 Å². The van der Waals surface area contributed by atoms with E-state index in [1.165, 1.54) is 0 Å². The second-order valence-electron chi connectivity index (χ2n) is 7.09. The molecule has 0 aliphatic heterocycles. The van der Waals surface area contributed by atoms with Gasteiger partial charge in [-0.25, -0.2) is 14.6 Å². The third-order valence-corrected chi connectivity index (χ3v) is 4.56. The Hall–Kier alpha value is -3.81. The molecule has 0 radical (unpaired) electrons. The Bertz CT molecular complexity index is 1020. The number of aromatic nitrogens is 2. The average Bonchev–Trinajstić information content (AvgIpc) is 3.11. The van der Waals surface area contributed by atoms with Crippen molar-refractivity contribution in [2.45, 2.75) is 26.2 Å². The molecule has 0 unspecified atom stereocenters. The fourth-order valence-corrected chi connectivity index (χ4v) is 2.91. The summed E-state index contributed by atoms with van der Waals surface area (Å²) < 4.78 is 5.13. The maximum absolute atomic E-state index is 12.3. The zero-order valence-corrected chi connectivity index (χ0v) is 17.0. The van der Waals surface area contributed by atoms with Gasteiger partial charge in [0.2, 0.25) is 0 Å². The Balaban J connectivity index is 1.70. The van der Waals surface area contributed by atoms with Crippen molar-refractivity contribution in [3.63, 3.8) is 0 Å². The van der Waals surface area contributed by atoms with Crippen molar-refractivity contribution >= 4 is 23.5 Å². The number of carboxylic acid groups (broad SMARTS) is 1. The van der Waals surface area contributed by atoms with Crippen molar-refractivity contribution in [1.29, 1.82) is 0 Å². The van der Waals surface area contributed by atoms with Crippen LogP contribution in [0.2, 0.25) is 0 Å². The summed E-state index contributed by atoms with van der Waals surface area (Å²) >= 11 is 0. The second-order valence-corrected chi connectivity index (χ2v) is 7.09. The van der Waals surface area contributed by atoms with Crippen LogP contribution in [0, 0.1) is 0 Å². The van der Waals surface area contributed by atoms with Gasteiger partial charge in [0.05, 0.1) is 7.11 Å². The van der Waals surface area contributed by atoms with Crippen LogP contribution < -0.4 is 15.4 Å². The number of H-pyrrole nitrogens is 1. The van der Waals surface area contributed by atoms with Crippen LogP contribution in [-0.4, -0.2) is 34.2 Å². The molecule has 3 aromatic rings. The molecule has 0 bridgehead atoms. The van der Waals surface area contributed by atoms with Crippen LogP contribution in [0.5, 0.6) is 5.75 Å². The van der Waals surface area contributed by atoms with Crippen LogP contribution in [0.1, 0.15) is 47.2 Å². The molecule has 8 nitrogen and oxygen atoms in total. The zero-order chi connectivity index (χ0) is 21.7. The summed E-state index contributed by atoms with van der Waals surface area (Å²) in [5.74, 6) is 0.292. The molecule has 2 amide bonds. The first-order valence-corrected chi connectivity index (χ1v) is 9.48. The van der Waals surface area contributed by atoms with E-state index in [0.717, 1.165) is 16.9 Å². The van der Waals surface area contributed by atoms with E-state index in [2.05, 4.69) is 34.4 Å². The molecule has 3 rings (SSSR count). The smallest absolute Gasteiger partial charge is 0.356 e. The number of methoxy groups -OCH3 is 1. The lowest BCUT2D eigenvalue weighted by molar-refractivity contribution is 0.0692. The Morgan fingerprint density at radius 3 is 2.30 bits per heavy atom. The number of carbonyl (C=O) groups is 2. The summed E-state index contributed by atoms with van der Waals surface area (Å²) in [5.41, 5.74) is 2.50. The normalized spacial score (nSPS) is 10.7. The molecular weight excluding hydrogens is 384 g/mol. The summed E-state index contributed by atoms with van der Waals surface area (Å²) in [5, 5.41) is 14.6. The van der Waals surface area contributed by atoms with Gasteiger partial charge in [0, 0.05) is 12.1 Å². The fraction of sp³-hybridized carbons (Fsp3) is 0.227. The Kier molecular flexibility index (Phi) is 6.36. The molecule has 0 fully saturated rings. The third-order valence-electron chi connectivity index (χ3n) is 4.56. The molecule has 1 aromatic heterocycles. The Morgan fingerprint density at radius 2 is 1.73 bits per heavy atom. The first kappa shape index (κ1) is 20.9. The quantitative estimate of drug-likeness (QED) is 0.460. The van der Waals surface area contributed by atoms with Gasteiger partial charge in [-0.15, -0.1) is 0 Å². The topological polar surface area (TPSA) is 116 Å². The van der Waals surface area contributed by atoms with Crippen LogP contribution in [0.4, 0.5) is 16.3 Å². The number of aromatic amines is 1. The van der Waals surface area contributed by atoms with Gasteiger partial charge in [0.25, 0.3) is 0 Å². The van der Waals surface area contributed by atoms with Gasteiger partial charge < -0.3 is 20.1 Å². The standard InChI is InChI=1S/C22H24N4O4/c1-13(2)15-6-8-16(9-7-15)23-22(29)26-20-19(21(27)28)24-18(25-20)12-14-4-10-17(30-3)11-5-14/h4-11,13H,12H2,1-3H3,(H,24,25)(H,27,28)(H2,23,26,29). The van der Waals surface area contributed by atoms with Gasteiger partial charge in [0.15, 0.2) is 11.5 Å². The number of ether oxygens (including phenoxy) is 1. The fourth-order valence-electron chi connectivity index (χ4n) is 2.91. The molecule has 8 heteroatoms. The molecule has 0 aliphatic carbocycles. The number of anilines is 2. The van der Waals surface area contributed by atoms with Crippen molar-refractivity contribution in [3.8, 4) is 5.75 Å². The lowest BCUT2D eigenvalue weighted by Gasteiger charge is -2.09. The number of carbonyl (C=O) groups excluding carboxylic acids is 1. The van der Waals surface area contributed by atoms with E-state index in [1.54, 1.807) is 19.2 Å². The number of nitrogens with one attached hydrogen (secondary N) is 3. The summed E-state index contributed by atoms with van der Waals surface area (Å²) in [6, 6.07) is 14.2. The number of benzene rings is 2. The van der Waals surface area contributed by atoms with Crippen LogP contribution in [0.3, 0.4) is 0 Å². The number of aromatic carboxylic acids is 1. The van der Waals surface area contributed by atoms with Crippen molar-refractivity contribution in [2.75, 3.05) is 17.7 Å². The maximum Gasteiger partial charge on any atom is 0.356 e. The summed E-state index contributed by atoms with van der Waals surface area (Å²) in [6.07, 6.45) is 0.379. The number of hydrogen-bond donors (Lipinski definition) is 4. The molecular formula is C22H24N4O4. The van der Waals surface area contributed by atoms with Gasteiger partial charge in [-0.3, -0.25) is 5.32 Å². The molecule has 1 heterocycles. The first-order valence-electron chi connectivity index (χ1n) is 9.48. The highest BCUT2D eigenvalue weighted by molar-refractivity contribution is 6.03. The maximum atomic E-state index is 12.3. The predicted molar refractivity (Wildman–Crippen MR) is 115 cm³/mol. The van der Waals surface area contributed by atoms with Crippen molar-refractivity contribution in [2.24, 2.45) is 0 Å². The van der Waals surface area contributed by atoms with Crippen molar-refractivity contribution in [3.05, 3.63) is 71.2 Å². The SMILES string of the molecule is COc1ccc(Cc2nc(NC(=O)Nc3ccc(C(C)C)cc3)c(C(=O)O)[nH]2)cc1. The van der Waals surface area contributed by atoms with E-state index in [1.807, 2.05) is 36.4 Å². The molecule has 4 N–H and O–H groups in total. The number of carboxylic acids is 1. The molecule has 0 spiro atoms. The minimum Gasteiger partial charge on any atom is -0.497 e. The Morgan fingerprint density at radius 1 is 1.07 bits per heavy atom. The molecule has 2 aromatic carbocycles. The Labute approximate surface area is 174 Å². The van der Waals surface area contributed by atoms with E-state index in [-0.39, 0.29) is 11.5 Å². The molecule has 30 heavy (non-hydrogen) atoms. The highest BCUT2D eigenvalue weighted by Crippen LogP contribution is 2.19. The van der Waals surface area contributed by atoms with Crippen LogP contribution in [0.25, 0.3) is 0 Å². The number of rotatable bonds is 7. The van der Waals surface area contributed by atoms with E-state index in [4.69, 9.17) is 4.74 Å². The number of nitrogens with zero attached hydrogens (tertiary/aromatic N) is 1. The van der Waals surface area contributed by atoms with E-state index in [9.17, 15) is 14.7 Å². The molecule has 0 saturated heterocycles. The van der Waals surface area contributed by atoms with Crippen LogP contribution in [0.15, 0.2) is 48.5 Å². The van der Waals surface area contributed by atoms with Gasteiger partial charge in [-0.2, -0.15) is 0 Å². The molecule has 0 atom stereocenters. The second kappa shape index (κ2) is 9.13. The summed E-state index contributed by atoms with van der Waals surface area (Å²) in [7, 11) is 1.59. The summed E-state index contributed by atoms with van der Waals surface area (Å²) in [4.78, 5) is 30.9. The zero-order valence-electron chi connectivity index (χ0n) is 17.0. The van der Waals surface area contributed by atoms with Gasteiger partial charge in [0.1, 0.15) is 11.6 Å². The van der Waals surface area contributed by atoms with E-state index >= 15 is 0 Å². The first-order chi connectivity index (χ1) is 14.4. The molecule has 0 saturated carbocycles. The number of hydrogen-bond acceptors (Lipinski definition) is 4. The highest BCUT2D eigenvalue weighted by Gasteiger charge is 2.19. The monoisotopic (exact) mass is 408 g/mol. The predicted octanol–water partition coefficient (Wildman–Crippen LogP) is 4.47. The largest absolute Gasteiger partial charge is 0.497 e. The lowest BCUT2D eigenvalue weighted by atomic mass is 10.0. The highest BCUT2D eigenvalue weighted by atomic mass is 16.5. The molecule has 156 valence electrons. The molecule has 0 aliphatic rings. The average molecular weight is 408 g/mol. The number of amides is 2. The van der Waals surface area contributed by atoms with Crippen LogP contribution >= 0.6 is 0 Å². The lowest BCUT2D eigenvalue weighted by Crippen LogP contribution is -2.21. The summed E-state index contributed by atoms with van der Waals surface area (Å²) in [6.45, 7) is 4.17. The van der Waals surface area contributed by atoms with Crippen molar-refractivity contribution in [1.82, 2.24) is 9.97 Å². The minimum absolute atomic E-state index is 0.0395. The van der Waals surface area contributed by atoms with E-state index in [0.29, 0.717) is 23.9 Å². The minimum atomic E-state index is -1.21. The number of imidazole rings is 1. The van der Waals surface area contributed by atoms with E-state index < -0.39 is 12.0 Å². The third kappa shape index (κ3) is 5.16. The van der Waals surface area contributed by atoms with Gasteiger partial charge in [-0.1, -0.05) is 38.1 Å². The van der Waals surface area contributed by atoms with Crippen molar-refractivity contribution < 1.29 is 19.4 Å². The van der Waals surface area contributed by atoms with Gasteiger partial charge in [-0.05, 0) is 41.3 Å². The number of urea groups is 1.